The Morgan fingerprint density at radius 2 is 1.74 bits per heavy atom. The standard InChI is InChI=1S/C14H18O3.2CH4/c1-11(15)10-13(17-2)8-9-14(16)12-6-4-3-5-7-12;;/h3-7,13H,8-10H2,1-2H3;2*1H4. The highest BCUT2D eigenvalue weighted by Crippen LogP contribution is 2.11. The lowest BCUT2D eigenvalue weighted by atomic mass is 10.0. The minimum Gasteiger partial charge on any atom is -0.381 e. The average Bonchev–Trinajstić information content (AvgIpc) is 2.34. The third-order valence-electron chi connectivity index (χ3n) is 2.64. The van der Waals surface area contributed by atoms with Crippen molar-refractivity contribution in [2.75, 3.05) is 7.11 Å². The largest absolute Gasteiger partial charge is 0.381 e. The van der Waals surface area contributed by atoms with E-state index in [1.54, 1.807) is 19.2 Å². The minimum absolute atomic E-state index is 0. The number of hydrogen-bond acceptors (Lipinski definition) is 3. The summed E-state index contributed by atoms with van der Waals surface area (Å²) in [7, 11) is 1.57. The molecule has 3 heteroatoms. The van der Waals surface area contributed by atoms with Crippen LogP contribution in [-0.4, -0.2) is 24.8 Å². The number of ether oxygens (including phenoxy) is 1. The molecule has 0 radical (unpaired) electrons. The van der Waals surface area contributed by atoms with Gasteiger partial charge in [-0.2, -0.15) is 0 Å². The summed E-state index contributed by atoms with van der Waals surface area (Å²) in [6.45, 7) is 1.53. The van der Waals surface area contributed by atoms with Crippen LogP contribution in [0.1, 0.15) is 51.4 Å². The molecule has 1 rings (SSSR count). The monoisotopic (exact) mass is 266 g/mol. The van der Waals surface area contributed by atoms with Crippen LogP contribution in [0.25, 0.3) is 0 Å². The highest BCUT2D eigenvalue weighted by atomic mass is 16.5. The summed E-state index contributed by atoms with van der Waals surface area (Å²) in [6.07, 6.45) is 1.22. The molecule has 0 aliphatic rings. The summed E-state index contributed by atoms with van der Waals surface area (Å²) in [4.78, 5) is 22.8. The highest BCUT2D eigenvalue weighted by molar-refractivity contribution is 5.96. The molecular weight excluding hydrogens is 240 g/mol. The molecule has 1 aromatic rings. The topological polar surface area (TPSA) is 43.4 Å². The molecule has 0 spiro atoms. The van der Waals surface area contributed by atoms with Crippen LogP contribution in [-0.2, 0) is 9.53 Å². The van der Waals surface area contributed by atoms with E-state index in [0.29, 0.717) is 24.8 Å². The Morgan fingerprint density at radius 1 is 1.16 bits per heavy atom. The Hall–Kier alpha value is -1.48. The van der Waals surface area contributed by atoms with Gasteiger partial charge in [0.2, 0.25) is 0 Å². The predicted octanol–water partition coefficient (Wildman–Crippen LogP) is 3.92. The summed E-state index contributed by atoms with van der Waals surface area (Å²) in [5.74, 6) is 0.181. The van der Waals surface area contributed by atoms with E-state index in [4.69, 9.17) is 4.74 Å². The van der Waals surface area contributed by atoms with Crippen LogP contribution < -0.4 is 0 Å². The van der Waals surface area contributed by atoms with Crippen molar-refractivity contribution in [3.63, 3.8) is 0 Å². The molecule has 0 N–H and O–H groups in total. The van der Waals surface area contributed by atoms with Crippen molar-refractivity contribution >= 4 is 11.6 Å². The Kier molecular flexibility index (Phi) is 10.9. The van der Waals surface area contributed by atoms with Crippen LogP contribution in [0, 0.1) is 0 Å². The maximum atomic E-state index is 11.8. The first-order valence-electron chi connectivity index (χ1n) is 5.74. The molecule has 0 bridgehead atoms. The van der Waals surface area contributed by atoms with Gasteiger partial charge in [0.1, 0.15) is 5.78 Å². The molecule has 3 nitrogen and oxygen atoms in total. The summed E-state index contributed by atoms with van der Waals surface area (Å²) in [5.41, 5.74) is 0.713. The van der Waals surface area contributed by atoms with Crippen molar-refractivity contribution in [3.8, 4) is 0 Å². The Labute approximate surface area is 117 Å². The van der Waals surface area contributed by atoms with Crippen molar-refractivity contribution in [2.45, 2.75) is 47.1 Å². The lowest BCUT2D eigenvalue weighted by Crippen LogP contribution is -2.16. The second-order valence-corrected chi connectivity index (χ2v) is 4.09. The van der Waals surface area contributed by atoms with Crippen LogP contribution >= 0.6 is 0 Å². The van der Waals surface area contributed by atoms with E-state index in [2.05, 4.69) is 0 Å². The molecule has 108 valence electrons. The molecule has 0 amide bonds. The van der Waals surface area contributed by atoms with Crippen molar-refractivity contribution in [2.24, 2.45) is 0 Å². The fourth-order valence-electron chi connectivity index (χ4n) is 1.68. The van der Waals surface area contributed by atoms with Gasteiger partial charge in [-0.15, -0.1) is 0 Å². The molecule has 0 heterocycles. The number of rotatable bonds is 7. The molecule has 0 saturated carbocycles. The van der Waals surface area contributed by atoms with Crippen molar-refractivity contribution in [1.29, 1.82) is 0 Å². The van der Waals surface area contributed by atoms with Gasteiger partial charge in [-0.3, -0.25) is 9.59 Å². The molecule has 0 aliphatic carbocycles. The van der Waals surface area contributed by atoms with Crippen LogP contribution in [0.15, 0.2) is 30.3 Å². The van der Waals surface area contributed by atoms with E-state index < -0.39 is 0 Å². The first kappa shape index (κ1) is 19.9. The van der Waals surface area contributed by atoms with Crippen molar-refractivity contribution < 1.29 is 14.3 Å². The van der Waals surface area contributed by atoms with E-state index in [1.165, 1.54) is 6.92 Å². The number of carbonyl (C=O) groups excluding carboxylic acids is 2. The van der Waals surface area contributed by atoms with Gasteiger partial charge >= 0.3 is 0 Å². The first-order valence-corrected chi connectivity index (χ1v) is 5.74. The third kappa shape index (κ3) is 7.52. The van der Waals surface area contributed by atoms with Gasteiger partial charge in [-0.1, -0.05) is 45.2 Å². The summed E-state index contributed by atoms with van der Waals surface area (Å²) < 4.78 is 5.17. The highest BCUT2D eigenvalue weighted by Gasteiger charge is 2.13. The lowest BCUT2D eigenvalue weighted by molar-refractivity contribution is -0.119. The Balaban J connectivity index is 0. The molecule has 0 aliphatic heterocycles. The zero-order chi connectivity index (χ0) is 12.7. The van der Waals surface area contributed by atoms with Gasteiger partial charge in [0, 0.05) is 25.5 Å². The second-order valence-electron chi connectivity index (χ2n) is 4.09. The number of carbonyl (C=O) groups is 2. The number of methoxy groups -OCH3 is 1. The van der Waals surface area contributed by atoms with Crippen molar-refractivity contribution in [3.05, 3.63) is 35.9 Å². The fraction of sp³-hybridized carbons (Fsp3) is 0.500. The van der Waals surface area contributed by atoms with Gasteiger partial charge in [-0.25, -0.2) is 0 Å². The van der Waals surface area contributed by atoms with E-state index in [-0.39, 0.29) is 32.5 Å². The molecule has 0 fully saturated rings. The van der Waals surface area contributed by atoms with Crippen LogP contribution in [0.3, 0.4) is 0 Å². The Bertz CT molecular complexity index is 371. The SMILES string of the molecule is C.C.COC(CCC(=O)c1ccccc1)CC(C)=O. The normalized spacial score (nSPS) is 10.8. The van der Waals surface area contributed by atoms with E-state index in [1.807, 2.05) is 18.2 Å². The van der Waals surface area contributed by atoms with Gasteiger partial charge in [0.05, 0.1) is 6.10 Å². The van der Waals surface area contributed by atoms with Gasteiger partial charge in [0.25, 0.3) is 0 Å². The zero-order valence-corrected chi connectivity index (χ0v) is 10.3. The molecule has 1 atom stereocenters. The summed E-state index contributed by atoms with van der Waals surface area (Å²) >= 11 is 0. The first-order chi connectivity index (χ1) is 8.13. The Morgan fingerprint density at radius 3 is 2.21 bits per heavy atom. The van der Waals surface area contributed by atoms with Crippen LogP contribution in [0.2, 0.25) is 0 Å². The molecule has 1 unspecified atom stereocenters. The summed E-state index contributed by atoms with van der Waals surface area (Å²) in [6, 6.07) is 9.17. The maximum absolute atomic E-state index is 11.8. The molecule has 19 heavy (non-hydrogen) atoms. The van der Waals surface area contributed by atoms with Crippen molar-refractivity contribution in [1.82, 2.24) is 0 Å². The van der Waals surface area contributed by atoms with E-state index >= 15 is 0 Å². The number of hydrogen-bond donors (Lipinski definition) is 0. The lowest BCUT2D eigenvalue weighted by Gasteiger charge is -2.12. The number of Topliss-reactive ketones (excluding diaryl/α,β-unsaturated/α-hetero) is 2. The number of benzene rings is 1. The van der Waals surface area contributed by atoms with E-state index in [9.17, 15) is 9.59 Å². The van der Waals surface area contributed by atoms with Gasteiger partial charge in [-0.05, 0) is 13.3 Å². The fourth-order valence-corrected chi connectivity index (χ4v) is 1.68. The molecule has 0 saturated heterocycles. The van der Waals surface area contributed by atoms with Gasteiger partial charge in [0.15, 0.2) is 5.78 Å². The minimum atomic E-state index is -0.153. The molecule has 0 aromatic heterocycles. The smallest absolute Gasteiger partial charge is 0.162 e. The quantitative estimate of drug-likeness (QED) is 0.703. The van der Waals surface area contributed by atoms with Crippen LogP contribution in [0.4, 0.5) is 0 Å². The number of ketones is 2. The van der Waals surface area contributed by atoms with Crippen LogP contribution in [0.5, 0.6) is 0 Å². The van der Waals surface area contributed by atoms with Gasteiger partial charge < -0.3 is 4.74 Å². The third-order valence-corrected chi connectivity index (χ3v) is 2.64. The molecule has 1 aromatic carbocycles. The molecular formula is C16H26O3. The summed E-state index contributed by atoms with van der Waals surface area (Å²) in [5, 5.41) is 0. The maximum Gasteiger partial charge on any atom is 0.162 e. The average molecular weight is 266 g/mol. The second kappa shape index (κ2) is 10.4. The van der Waals surface area contributed by atoms with E-state index in [0.717, 1.165) is 0 Å². The zero-order valence-electron chi connectivity index (χ0n) is 10.3. The predicted molar refractivity (Wildman–Crippen MR) is 79.6 cm³/mol.